The molecule has 0 aliphatic carbocycles. The van der Waals surface area contributed by atoms with Crippen LogP contribution in [0, 0.1) is 0 Å². The van der Waals surface area contributed by atoms with E-state index in [0.717, 1.165) is 0 Å². The summed E-state index contributed by atoms with van der Waals surface area (Å²) in [6, 6.07) is 1.51. The van der Waals surface area contributed by atoms with Crippen LogP contribution in [-0.4, -0.2) is 29.8 Å². The van der Waals surface area contributed by atoms with Gasteiger partial charge in [0.1, 0.15) is 18.2 Å². The lowest BCUT2D eigenvalue weighted by Crippen LogP contribution is -2.14. The van der Waals surface area contributed by atoms with Crippen molar-refractivity contribution >= 4 is 11.6 Å². The molecule has 0 aliphatic heterocycles. The predicted molar refractivity (Wildman–Crippen MR) is 64.3 cm³/mol. The third kappa shape index (κ3) is 6.20. The van der Waals surface area contributed by atoms with Crippen LogP contribution in [0.1, 0.15) is 18.7 Å². The van der Waals surface area contributed by atoms with Crippen LogP contribution in [0.5, 0.6) is 0 Å². The second kappa shape index (κ2) is 7.10. The molecule has 0 saturated heterocycles. The topological polar surface area (TPSA) is 85.1 Å². The molecule has 0 amide bonds. The summed E-state index contributed by atoms with van der Waals surface area (Å²) in [5.41, 5.74) is 2.35. The molecule has 108 valence electrons. The Labute approximate surface area is 108 Å². The normalized spacial score (nSPS) is 11.4. The smallest absolute Gasteiger partial charge is 0.377 e. The molecule has 1 heterocycles. The number of anilines is 2. The molecule has 0 saturated carbocycles. The lowest BCUT2D eigenvalue weighted by Gasteiger charge is -2.10. The minimum absolute atomic E-state index is 0.0293. The Bertz CT molecular complexity index is 399. The molecule has 1 rings (SSSR count). The third-order valence-corrected chi connectivity index (χ3v) is 2.14. The van der Waals surface area contributed by atoms with Crippen molar-refractivity contribution in [3.05, 3.63) is 11.9 Å². The molecule has 0 spiro atoms. The molecule has 19 heavy (non-hydrogen) atoms. The van der Waals surface area contributed by atoms with Gasteiger partial charge in [0.15, 0.2) is 5.82 Å². The minimum Gasteiger partial charge on any atom is -0.377 e. The zero-order valence-corrected chi connectivity index (χ0v) is 10.4. The number of nitrogens with two attached hydrogens (primary N) is 1. The van der Waals surface area contributed by atoms with E-state index in [9.17, 15) is 13.2 Å². The summed E-state index contributed by atoms with van der Waals surface area (Å²) < 4.78 is 40.8. The summed E-state index contributed by atoms with van der Waals surface area (Å²) in [5, 5.41) is 2.79. The quantitative estimate of drug-likeness (QED) is 0.400. The van der Waals surface area contributed by atoms with Crippen molar-refractivity contribution in [3.8, 4) is 0 Å². The monoisotopic (exact) mass is 279 g/mol. The molecule has 0 bridgehead atoms. The molecule has 1 aromatic heterocycles. The summed E-state index contributed by atoms with van der Waals surface area (Å²) in [7, 11) is 1.49. The summed E-state index contributed by atoms with van der Waals surface area (Å²) >= 11 is 0. The van der Waals surface area contributed by atoms with Crippen molar-refractivity contribution in [1.29, 1.82) is 0 Å². The second-order valence-electron chi connectivity index (χ2n) is 3.78. The van der Waals surface area contributed by atoms with E-state index in [2.05, 4.69) is 20.7 Å². The molecule has 9 heteroatoms. The predicted octanol–water partition coefficient (Wildman–Crippen LogP) is 1.66. The standard InChI is InChI=1S/C10H16F3N5O/c1-19-6-9-16-7(5-8(17-9)18-14)15-4-2-3-10(11,12)13/h5H,2-4,6,14H2,1H3,(H2,15,16,17,18). The maximum atomic E-state index is 12.0. The van der Waals surface area contributed by atoms with E-state index in [-0.39, 0.29) is 19.6 Å². The van der Waals surface area contributed by atoms with Gasteiger partial charge in [0.2, 0.25) is 0 Å². The largest absolute Gasteiger partial charge is 0.389 e. The van der Waals surface area contributed by atoms with Gasteiger partial charge in [-0.25, -0.2) is 15.8 Å². The van der Waals surface area contributed by atoms with Crippen LogP contribution in [0.25, 0.3) is 0 Å². The van der Waals surface area contributed by atoms with Gasteiger partial charge < -0.3 is 15.5 Å². The average molecular weight is 279 g/mol. The van der Waals surface area contributed by atoms with Crippen molar-refractivity contribution in [3.63, 3.8) is 0 Å². The summed E-state index contributed by atoms with van der Waals surface area (Å²) in [4.78, 5) is 8.10. The molecule has 0 unspecified atom stereocenters. The van der Waals surface area contributed by atoms with Gasteiger partial charge in [-0.3, -0.25) is 0 Å². The second-order valence-corrected chi connectivity index (χ2v) is 3.78. The first-order chi connectivity index (χ1) is 8.94. The Kier molecular flexibility index (Phi) is 5.77. The highest BCUT2D eigenvalue weighted by atomic mass is 19.4. The maximum Gasteiger partial charge on any atom is 0.389 e. The first kappa shape index (κ1) is 15.4. The average Bonchev–Trinajstić information content (AvgIpc) is 2.34. The molecular formula is C10H16F3N5O. The van der Waals surface area contributed by atoms with E-state index in [1.165, 1.54) is 13.2 Å². The number of halogens is 3. The van der Waals surface area contributed by atoms with Crippen molar-refractivity contribution in [2.45, 2.75) is 25.6 Å². The van der Waals surface area contributed by atoms with Crippen molar-refractivity contribution in [2.24, 2.45) is 5.84 Å². The fourth-order valence-electron chi connectivity index (χ4n) is 1.36. The van der Waals surface area contributed by atoms with E-state index in [4.69, 9.17) is 10.6 Å². The molecule has 4 N–H and O–H groups in total. The molecular weight excluding hydrogens is 263 g/mol. The van der Waals surface area contributed by atoms with Crippen molar-refractivity contribution in [2.75, 3.05) is 24.4 Å². The molecule has 0 fully saturated rings. The minimum atomic E-state index is -4.14. The Balaban J connectivity index is 2.54. The fraction of sp³-hybridized carbons (Fsp3) is 0.600. The maximum absolute atomic E-state index is 12.0. The van der Waals surface area contributed by atoms with Crippen LogP contribution < -0.4 is 16.6 Å². The number of nitrogen functional groups attached to an aromatic ring is 1. The van der Waals surface area contributed by atoms with E-state index >= 15 is 0 Å². The summed E-state index contributed by atoms with van der Waals surface area (Å²) in [6.07, 6.45) is -5.00. The van der Waals surface area contributed by atoms with Crippen LogP contribution in [0.2, 0.25) is 0 Å². The Morgan fingerprint density at radius 3 is 2.58 bits per heavy atom. The molecule has 0 aliphatic rings. The van der Waals surface area contributed by atoms with Gasteiger partial charge in [-0.05, 0) is 6.42 Å². The zero-order valence-electron chi connectivity index (χ0n) is 10.4. The fourth-order valence-corrected chi connectivity index (χ4v) is 1.36. The highest BCUT2D eigenvalue weighted by Gasteiger charge is 2.25. The molecule has 6 nitrogen and oxygen atoms in total. The van der Waals surface area contributed by atoms with Crippen LogP contribution in [0.15, 0.2) is 6.07 Å². The Morgan fingerprint density at radius 1 is 1.32 bits per heavy atom. The molecule has 0 radical (unpaired) electrons. The van der Waals surface area contributed by atoms with E-state index in [1.807, 2.05) is 0 Å². The number of hydrazine groups is 1. The summed E-state index contributed by atoms with van der Waals surface area (Å²) in [5.74, 6) is 6.39. The van der Waals surface area contributed by atoms with Crippen LogP contribution in [-0.2, 0) is 11.3 Å². The number of rotatable bonds is 7. The van der Waals surface area contributed by atoms with Gasteiger partial charge in [-0.2, -0.15) is 13.2 Å². The van der Waals surface area contributed by atoms with Gasteiger partial charge in [-0.15, -0.1) is 0 Å². The molecule has 1 aromatic rings. The Hall–Kier alpha value is -1.61. The number of ether oxygens (including phenoxy) is 1. The number of methoxy groups -OCH3 is 1. The van der Waals surface area contributed by atoms with Crippen LogP contribution in [0.3, 0.4) is 0 Å². The van der Waals surface area contributed by atoms with E-state index < -0.39 is 12.6 Å². The van der Waals surface area contributed by atoms with Crippen LogP contribution >= 0.6 is 0 Å². The van der Waals surface area contributed by atoms with Crippen molar-refractivity contribution in [1.82, 2.24) is 9.97 Å². The Morgan fingerprint density at radius 2 is 2.00 bits per heavy atom. The number of nitrogens with one attached hydrogen (secondary N) is 2. The van der Waals surface area contributed by atoms with Gasteiger partial charge >= 0.3 is 6.18 Å². The number of nitrogens with zero attached hydrogens (tertiary/aromatic N) is 2. The number of hydrogen-bond acceptors (Lipinski definition) is 6. The first-order valence-electron chi connectivity index (χ1n) is 5.58. The van der Waals surface area contributed by atoms with Gasteiger partial charge in [0.05, 0.1) is 0 Å². The van der Waals surface area contributed by atoms with Gasteiger partial charge in [0.25, 0.3) is 0 Å². The van der Waals surface area contributed by atoms with E-state index in [0.29, 0.717) is 17.5 Å². The summed E-state index contributed by atoms with van der Waals surface area (Å²) in [6.45, 7) is 0.347. The van der Waals surface area contributed by atoms with Crippen molar-refractivity contribution < 1.29 is 17.9 Å². The first-order valence-corrected chi connectivity index (χ1v) is 5.58. The van der Waals surface area contributed by atoms with E-state index in [1.54, 1.807) is 0 Å². The zero-order chi connectivity index (χ0) is 14.3. The SMILES string of the molecule is COCc1nc(NN)cc(NCCCC(F)(F)F)n1. The number of alkyl halides is 3. The highest BCUT2D eigenvalue weighted by molar-refractivity contribution is 5.46. The lowest BCUT2D eigenvalue weighted by molar-refractivity contribution is -0.134. The highest BCUT2D eigenvalue weighted by Crippen LogP contribution is 2.21. The molecule has 0 aromatic carbocycles. The lowest BCUT2D eigenvalue weighted by atomic mass is 10.3. The number of aromatic nitrogens is 2. The van der Waals surface area contributed by atoms with Gasteiger partial charge in [-0.1, -0.05) is 0 Å². The van der Waals surface area contributed by atoms with Crippen LogP contribution in [0.4, 0.5) is 24.8 Å². The molecule has 0 atom stereocenters. The number of hydrogen-bond donors (Lipinski definition) is 3. The third-order valence-electron chi connectivity index (χ3n) is 2.14. The van der Waals surface area contributed by atoms with Gasteiger partial charge in [0, 0.05) is 26.1 Å².